The maximum Gasteiger partial charge on any atom is 0.240 e. The molecule has 152 valence electrons. The molecule has 0 saturated carbocycles. The molecule has 5 aromatic rings. The monoisotopic (exact) mass is 407 g/mol. The lowest BCUT2D eigenvalue weighted by molar-refractivity contribution is -0.122. The van der Waals surface area contributed by atoms with Crippen molar-refractivity contribution in [3.8, 4) is 5.75 Å². The van der Waals surface area contributed by atoms with E-state index >= 15 is 0 Å². The number of rotatable bonds is 5. The van der Waals surface area contributed by atoms with Crippen molar-refractivity contribution in [1.29, 1.82) is 0 Å². The quantitative estimate of drug-likeness (QED) is 0.440. The number of fused-ring (bicyclic) bond motifs is 2. The Morgan fingerprint density at radius 1 is 0.903 bits per heavy atom. The standard InChI is InChI=1S/C26H21N3O2/c30-23-15-14-18-8-4-5-11-20(18)25(23)26(19-9-2-1-3-10-19)28-24(31)16-29-17-27-21-12-6-7-13-22(21)29/h1-15,17,26,30H,16H2,(H,28,31). The average Bonchev–Trinajstić information content (AvgIpc) is 3.21. The number of para-hydroxylation sites is 2. The minimum absolute atomic E-state index is 0.134. The molecule has 1 atom stereocenters. The van der Waals surface area contributed by atoms with Gasteiger partial charge in [-0.2, -0.15) is 0 Å². The van der Waals surface area contributed by atoms with E-state index in [1.165, 1.54) is 0 Å². The first-order valence-corrected chi connectivity index (χ1v) is 10.2. The third kappa shape index (κ3) is 3.62. The molecule has 0 aliphatic rings. The normalized spacial score (nSPS) is 12.1. The average molecular weight is 407 g/mol. The number of carbonyl (C=O) groups is 1. The van der Waals surface area contributed by atoms with Crippen LogP contribution in [0.25, 0.3) is 21.8 Å². The Morgan fingerprint density at radius 3 is 2.52 bits per heavy atom. The van der Waals surface area contributed by atoms with E-state index in [4.69, 9.17) is 0 Å². The van der Waals surface area contributed by atoms with Crippen molar-refractivity contribution >= 4 is 27.7 Å². The van der Waals surface area contributed by atoms with Crippen molar-refractivity contribution in [3.63, 3.8) is 0 Å². The Balaban J connectivity index is 1.54. The number of amides is 1. The van der Waals surface area contributed by atoms with Gasteiger partial charge in [0.25, 0.3) is 0 Å². The van der Waals surface area contributed by atoms with Gasteiger partial charge in [0.05, 0.1) is 23.4 Å². The van der Waals surface area contributed by atoms with E-state index in [9.17, 15) is 9.90 Å². The van der Waals surface area contributed by atoms with Gasteiger partial charge in [-0.25, -0.2) is 4.98 Å². The van der Waals surface area contributed by atoms with Crippen molar-refractivity contribution in [2.75, 3.05) is 0 Å². The number of nitrogens with zero attached hydrogens (tertiary/aromatic N) is 2. The molecule has 0 radical (unpaired) electrons. The van der Waals surface area contributed by atoms with Crippen LogP contribution < -0.4 is 5.32 Å². The molecular weight excluding hydrogens is 386 g/mol. The van der Waals surface area contributed by atoms with Crippen LogP contribution in [0, 0.1) is 0 Å². The van der Waals surface area contributed by atoms with Crippen LogP contribution in [0.3, 0.4) is 0 Å². The van der Waals surface area contributed by atoms with E-state index in [1.54, 1.807) is 12.4 Å². The number of carbonyl (C=O) groups excluding carboxylic acids is 1. The van der Waals surface area contributed by atoms with Crippen LogP contribution in [-0.2, 0) is 11.3 Å². The van der Waals surface area contributed by atoms with Crippen molar-refractivity contribution in [2.45, 2.75) is 12.6 Å². The zero-order valence-electron chi connectivity index (χ0n) is 16.8. The lowest BCUT2D eigenvalue weighted by Crippen LogP contribution is -2.32. The summed E-state index contributed by atoms with van der Waals surface area (Å²) in [5, 5.41) is 15.8. The second-order valence-corrected chi connectivity index (χ2v) is 7.49. The van der Waals surface area contributed by atoms with Gasteiger partial charge in [-0.15, -0.1) is 0 Å². The highest BCUT2D eigenvalue weighted by molar-refractivity contribution is 5.89. The summed E-state index contributed by atoms with van der Waals surface area (Å²) in [7, 11) is 0. The summed E-state index contributed by atoms with van der Waals surface area (Å²) in [6, 6.07) is 28.4. The minimum atomic E-state index is -0.491. The van der Waals surface area contributed by atoms with Crippen LogP contribution >= 0.6 is 0 Å². The number of nitrogens with one attached hydrogen (secondary N) is 1. The van der Waals surface area contributed by atoms with Gasteiger partial charge in [0.15, 0.2) is 0 Å². The molecule has 0 spiro atoms. The fourth-order valence-corrected chi connectivity index (χ4v) is 4.05. The highest BCUT2D eigenvalue weighted by Crippen LogP contribution is 2.35. The molecule has 1 aromatic heterocycles. The highest BCUT2D eigenvalue weighted by atomic mass is 16.3. The number of aromatic nitrogens is 2. The van der Waals surface area contributed by atoms with Crippen molar-refractivity contribution in [2.24, 2.45) is 0 Å². The molecule has 2 N–H and O–H groups in total. The third-order valence-electron chi connectivity index (χ3n) is 5.52. The molecule has 1 unspecified atom stereocenters. The number of phenols is 1. The Bertz CT molecular complexity index is 1380. The fourth-order valence-electron chi connectivity index (χ4n) is 4.05. The summed E-state index contributed by atoms with van der Waals surface area (Å²) in [5.41, 5.74) is 3.34. The molecule has 31 heavy (non-hydrogen) atoms. The molecule has 0 bridgehead atoms. The minimum Gasteiger partial charge on any atom is -0.508 e. The van der Waals surface area contributed by atoms with Gasteiger partial charge in [0.2, 0.25) is 5.91 Å². The van der Waals surface area contributed by atoms with Crippen LogP contribution in [0.15, 0.2) is 97.3 Å². The van der Waals surface area contributed by atoms with Crippen LogP contribution in [0.1, 0.15) is 17.2 Å². The summed E-state index contributed by atoms with van der Waals surface area (Å²) in [6.07, 6.45) is 1.68. The second kappa shape index (κ2) is 7.95. The van der Waals surface area contributed by atoms with Gasteiger partial charge in [-0.3, -0.25) is 4.79 Å². The maximum atomic E-state index is 13.1. The Kier molecular flexibility index (Phi) is 4.84. The van der Waals surface area contributed by atoms with Crippen LogP contribution in [0.4, 0.5) is 0 Å². The Hall–Kier alpha value is -4.12. The molecule has 0 aliphatic heterocycles. The summed E-state index contributed by atoms with van der Waals surface area (Å²) in [4.78, 5) is 17.5. The van der Waals surface area contributed by atoms with E-state index in [-0.39, 0.29) is 18.2 Å². The SMILES string of the molecule is O=C(Cn1cnc2ccccc21)NC(c1ccccc1)c1c(O)ccc2ccccc12. The molecule has 1 heterocycles. The molecule has 0 aliphatic carbocycles. The zero-order valence-corrected chi connectivity index (χ0v) is 16.8. The highest BCUT2D eigenvalue weighted by Gasteiger charge is 2.22. The summed E-state index contributed by atoms with van der Waals surface area (Å²) in [5.74, 6) is -0.00901. The Morgan fingerprint density at radius 2 is 1.65 bits per heavy atom. The maximum absolute atomic E-state index is 13.1. The molecule has 5 heteroatoms. The van der Waals surface area contributed by atoms with E-state index in [2.05, 4.69) is 10.3 Å². The molecular formula is C26H21N3O2. The van der Waals surface area contributed by atoms with Gasteiger partial charge >= 0.3 is 0 Å². The molecule has 4 aromatic carbocycles. The van der Waals surface area contributed by atoms with E-state index in [0.29, 0.717) is 5.56 Å². The molecule has 0 fully saturated rings. The van der Waals surface area contributed by atoms with E-state index in [0.717, 1.165) is 27.4 Å². The van der Waals surface area contributed by atoms with Crippen LogP contribution in [0.5, 0.6) is 5.75 Å². The molecule has 1 amide bonds. The van der Waals surface area contributed by atoms with Crippen LogP contribution in [-0.4, -0.2) is 20.6 Å². The fraction of sp³-hybridized carbons (Fsp3) is 0.0769. The van der Waals surface area contributed by atoms with Crippen LogP contribution in [0.2, 0.25) is 0 Å². The van der Waals surface area contributed by atoms with Gasteiger partial charge in [0.1, 0.15) is 12.3 Å². The first-order chi connectivity index (χ1) is 15.2. The lowest BCUT2D eigenvalue weighted by atomic mass is 9.92. The number of phenolic OH excluding ortho intramolecular Hbond substituents is 1. The Labute approximate surface area is 179 Å². The van der Waals surface area contributed by atoms with E-state index in [1.807, 2.05) is 89.5 Å². The topological polar surface area (TPSA) is 67.2 Å². The molecule has 5 nitrogen and oxygen atoms in total. The largest absolute Gasteiger partial charge is 0.508 e. The van der Waals surface area contributed by atoms with Gasteiger partial charge in [-0.05, 0) is 34.5 Å². The van der Waals surface area contributed by atoms with Gasteiger partial charge in [-0.1, -0.05) is 72.8 Å². The predicted octanol–water partition coefficient (Wildman–Crippen LogP) is 4.80. The summed E-state index contributed by atoms with van der Waals surface area (Å²) < 4.78 is 1.83. The molecule has 0 saturated heterocycles. The van der Waals surface area contributed by atoms with Gasteiger partial charge < -0.3 is 15.0 Å². The van der Waals surface area contributed by atoms with E-state index < -0.39 is 6.04 Å². The first kappa shape index (κ1) is 18.9. The van der Waals surface area contributed by atoms with Crippen molar-refractivity contribution < 1.29 is 9.90 Å². The number of benzene rings is 4. The first-order valence-electron chi connectivity index (χ1n) is 10.2. The number of hydrogen-bond acceptors (Lipinski definition) is 3. The summed E-state index contributed by atoms with van der Waals surface area (Å²) in [6.45, 7) is 0.134. The van der Waals surface area contributed by atoms with Crippen molar-refractivity contribution in [1.82, 2.24) is 14.9 Å². The second-order valence-electron chi connectivity index (χ2n) is 7.49. The zero-order chi connectivity index (χ0) is 21.2. The summed E-state index contributed by atoms with van der Waals surface area (Å²) >= 11 is 0. The third-order valence-corrected chi connectivity index (χ3v) is 5.52. The van der Waals surface area contributed by atoms with Crippen molar-refractivity contribution in [3.05, 3.63) is 108 Å². The number of aromatic hydroxyl groups is 1. The lowest BCUT2D eigenvalue weighted by Gasteiger charge is -2.23. The number of hydrogen-bond donors (Lipinski definition) is 2. The molecule has 5 rings (SSSR count). The predicted molar refractivity (Wildman–Crippen MR) is 122 cm³/mol. The smallest absolute Gasteiger partial charge is 0.240 e. The van der Waals surface area contributed by atoms with Gasteiger partial charge in [0, 0.05) is 5.56 Å². The number of imidazole rings is 1.